The van der Waals surface area contributed by atoms with Gasteiger partial charge in [0.25, 0.3) is 0 Å². The number of halogens is 1. The lowest BCUT2D eigenvalue weighted by Crippen LogP contribution is -3.00. The van der Waals surface area contributed by atoms with Gasteiger partial charge in [-0.2, -0.15) is 0 Å². The van der Waals surface area contributed by atoms with E-state index in [1.54, 1.807) is 0 Å². The van der Waals surface area contributed by atoms with E-state index in [4.69, 9.17) is 0 Å². The van der Waals surface area contributed by atoms with Crippen LogP contribution in [0.25, 0.3) is 0 Å². The zero-order valence-electron chi connectivity index (χ0n) is 5.45. The molecule has 1 heterocycles. The highest BCUT2D eigenvalue weighted by Crippen LogP contribution is 1.97. The van der Waals surface area contributed by atoms with Crippen LogP contribution in [-0.2, 0) is 0 Å². The molecular formula is C5H13ClN2. The first-order chi connectivity index (χ1) is 3.21. The molecule has 8 heavy (non-hydrogen) atoms. The lowest BCUT2D eigenvalue weighted by Gasteiger charge is -2.20. The summed E-state index contributed by atoms with van der Waals surface area (Å²) in [6.45, 7) is 3.60. The molecule has 0 aromatic heterocycles. The van der Waals surface area contributed by atoms with E-state index in [1.165, 1.54) is 13.1 Å². The second-order valence-electron chi connectivity index (χ2n) is 2.82. The van der Waals surface area contributed by atoms with Gasteiger partial charge >= 0.3 is 0 Å². The molecule has 2 nitrogen and oxygen atoms in total. The van der Waals surface area contributed by atoms with Gasteiger partial charge < -0.3 is 16.9 Å². The molecule has 0 saturated carbocycles. The van der Waals surface area contributed by atoms with Gasteiger partial charge in [0.05, 0.1) is 20.6 Å². The fourth-order valence-corrected chi connectivity index (χ4v) is 0.842. The van der Waals surface area contributed by atoms with Crippen molar-refractivity contribution in [2.45, 2.75) is 0 Å². The molecule has 3 heteroatoms. The summed E-state index contributed by atoms with van der Waals surface area (Å²) >= 11 is 0. The van der Waals surface area contributed by atoms with Gasteiger partial charge in [-0.05, 0) is 0 Å². The molecule has 0 bridgehead atoms. The van der Waals surface area contributed by atoms with Crippen LogP contribution in [0.5, 0.6) is 0 Å². The summed E-state index contributed by atoms with van der Waals surface area (Å²) in [4.78, 5) is 0. The Balaban J connectivity index is 0.000000490. The number of quaternary nitrogens is 1. The summed E-state index contributed by atoms with van der Waals surface area (Å²) < 4.78 is 1.14. The summed E-state index contributed by atoms with van der Waals surface area (Å²) in [5, 5.41) is 3.28. The molecule has 0 aromatic rings. The topological polar surface area (TPSA) is 12.0 Å². The minimum absolute atomic E-state index is 0. The van der Waals surface area contributed by atoms with Crippen LogP contribution in [0.4, 0.5) is 0 Å². The maximum absolute atomic E-state index is 3.28. The third-order valence-electron chi connectivity index (χ3n) is 1.43. The normalized spacial score (nSPS) is 24.8. The van der Waals surface area contributed by atoms with Crippen LogP contribution in [0.15, 0.2) is 0 Å². The smallest absolute Gasteiger partial charge is 0.132 e. The molecule has 1 saturated heterocycles. The van der Waals surface area contributed by atoms with Gasteiger partial charge in [0, 0.05) is 6.54 Å². The third-order valence-corrected chi connectivity index (χ3v) is 1.43. The van der Waals surface area contributed by atoms with Crippen LogP contribution < -0.4 is 17.7 Å². The zero-order valence-corrected chi connectivity index (χ0v) is 6.20. The molecule has 0 radical (unpaired) electrons. The van der Waals surface area contributed by atoms with E-state index in [0.717, 1.165) is 11.2 Å². The first-order valence-electron chi connectivity index (χ1n) is 2.73. The quantitative estimate of drug-likeness (QED) is 0.343. The summed E-state index contributed by atoms with van der Waals surface area (Å²) in [6.07, 6.45) is 0. The minimum Gasteiger partial charge on any atom is -1.00 e. The molecule has 1 aliphatic heterocycles. The van der Waals surface area contributed by atoms with Crippen LogP contribution >= 0.6 is 0 Å². The fourth-order valence-electron chi connectivity index (χ4n) is 0.842. The molecule has 0 atom stereocenters. The molecule has 0 unspecified atom stereocenters. The van der Waals surface area contributed by atoms with Crippen molar-refractivity contribution in [1.29, 1.82) is 0 Å². The van der Waals surface area contributed by atoms with Gasteiger partial charge in [0.2, 0.25) is 0 Å². The lowest BCUT2D eigenvalue weighted by molar-refractivity contribution is -0.878. The van der Waals surface area contributed by atoms with E-state index < -0.39 is 0 Å². The van der Waals surface area contributed by atoms with E-state index in [1.807, 2.05) is 0 Å². The Morgan fingerprint density at radius 3 is 2.12 bits per heavy atom. The van der Waals surface area contributed by atoms with Gasteiger partial charge in [-0.15, -0.1) is 0 Å². The molecular weight excluding hydrogens is 124 g/mol. The monoisotopic (exact) mass is 136 g/mol. The molecule has 0 aliphatic carbocycles. The highest BCUT2D eigenvalue weighted by molar-refractivity contribution is 4.46. The van der Waals surface area contributed by atoms with Crippen LogP contribution in [0.1, 0.15) is 0 Å². The largest absolute Gasteiger partial charge is 1.00 e. The maximum Gasteiger partial charge on any atom is 0.132 e. The highest BCUT2D eigenvalue weighted by Gasteiger charge is 2.19. The van der Waals surface area contributed by atoms with Crippen molar-refractivity contribution in [3.8, 4) is 0 Å². The van der Waals surface area contributed by atoms with Crippen molar-refractivity contribution in [3.63, 3.8) is 0 Å². The van der Waals surface area contributed by atoms with Gasteiger partial charge in [-0.1, -0.05) is 0 Å². The lowest BCUT2D eigenvalue weighted by atomic mass is 10.6. The van der Waals surface area contributed by atoms with E-state index in [-0.39, 0.29) is 12.4 Å². The minimum atomic E-state index is 0. The van der Waals surface area contributed by atoms with Crippen LogP contribution in [0.3, 0.4) is 0 Å². The highest BCUT2D eigenvalue weighted by atomic mass is 35.5. The van der Waals surface area contributed by atoms with Crippen molar-refractivity contribution in [3.05, 3.63) is 0 Å². The van der Waals surface area contributed by atoms with Crippen molar-refractivity contribution in [2.75, 3.05) is 33.9 Å². The van der Waals surface area contributed by atoms with Gasteiger partial charge in [-0.3, -0.25) is 5.32 Å². The number of nitrogens with zero attached hydrogens (tertiary/aromatic N) is 1. The van der Waals surface area contributed by atoms with Gasteiger partial charge in [0.1, 0.15) is 6.67 Å². The Hall–Kier alpha value is 0.210. The summed E-state index contributed by atoms with van der Waals surface area (Å²) in [5.74, 6) is 0. The molecule has 1 fully saturated rings. The average molecular weight is 137 g/mol. The zero-order chi connectivity index (χ0) is 5.33. The van der Waals surface area contributed by atoms with Crippen LogP contribution in [0, 0.1) is 0 Å². The maximum atomic E-state index is 3.28. The fraction of sp³-hybridized carbons (Fsp3) is 1.00. The van der Waals surface area contributed by atoms with Gasteiger partial charge in [-0.25, -0.2) is 0 Å². The predicted molar refractivity (Wildman–Crippen MR) is 29.8 cm³/mol. The number of likely N-dealkylation sites (N-methyl/N-ethyl adjacent to an activating group) is 1. The predicted octanol–water partition coefficient (Wildman–Crippen LogP) is -3.37. The van der Waals surface area contributed by atoms with Crippen molar-refractivity contribution >= 4 is 0 Å². The number of hydrogen-bond acceptors (Lipinski definition) is 1. The Bertz CT molecular complexity index is 64.8. The van der Waals surface area contributed by atoms with E-state index in [2.05, 4.69) is 19.4 Å². The van der Waals surface area contributed by atoms with Crippen LogP contribution in [-0.4, -0.2) is 38.3 Å². The number of hydrogen-bond donors (Lipinski definition) is 1. The van der Waals surface area contributed by atoms with Crippen LogP contribution in [0.2, 0.25) is 0 Å². The standard InChI is InChI=1S/C5H13N2.ClH/c1-7(2)4-3-6-5-7;/h6H,3-5H2,1-2H3;1H/q+1;/p-1. The average Bonchev–Trinajstić information content (AvgIpc) is 1.84. The second-order valence-corrected chi connectivity index (χ2v) is 2.82. The van der Waals surface area contributed by atoms with Crippen molar-refractivity contribution in [2.24, 2.45) is 0 Å². The molecule has 1 N–H and O–H groups in total. The number of rotatable bonds is 0. The van der Waals surface area contributed by atoms with Gasteiger partial charge in [0.15, 0.2) is 0 Å². The first-order valence-corrected chi connectivity index (χ1v) is 2.73. The Morgan fingerprint density at radius 2 is 2.00 bits per heavy atom. The second kappa shape index (κ2) is 2.67. The molecule has 0 aromatic carbocycles. The summed E-state index contributed by atoms with van der Waals surface area (Å²) in [6, 6.07) is 0. The summed E-state index contributed by atoms with van der Waals surface area (Å²) in [7, 11) is 4.47. The Morgan fingerprint density at radius 1 is 1.38 bits per heavy atom. The molecule has 0 amide bonds. The Kier molecular flexibility index (Phi) is 2.74. The van der Waals surface area contributed by atoms with Crippen molar-refractivity contribution < 1.29 is 16.9 Å². The van der Waals surface area contributed by atoms with E-state index in [0.29, 0.717) is 0 Å². The van der Waals surface area contributed by atoms with Crippen molar-refractivity contribution in [1.82, 2.24) is 5.32 Å². The third kappa shape index (κ3) is 1.99. The molecule has 1 rings (SSSR count). The molecule has 50 valence electrons. The number of nitrogens with one attached hydrogen (secondary N) is 1. The van der Waals surface area contributed by atoms with E-state index >= 15 is 0 Å². The van der Waals surface area contributed by atoms with E-state index in [9.17, 15) is 0 Å². The Labute approximate surface area is 56.9 Å². The molecule has 1 aliphatic rings. The summed E-state index contributed by atoms with van der Waals surface area (Å²) in [5.41, 5.74) is 0. The SMILES string of the molecule is C[N+]1(C)CCNC1.[Cl-]. The molecule has 0 spiro atoms. The first kappa shape index (κ1) is 8.21.